The number of ether oxygens (including phenoxy) is 1. The third-order valence-electron chi connectivity index (χ3n) is 5.18. The molecule has 0 N–H and O–H groups in total. The first-order valence-electron chi connectivity index (χ1n) is 8.36. The molecule has 5 nitrogen and oxygen atoms in total. The number of halogens is 1. The molecule has 25 heavy (non-hydrogen) atoms. The predicted molar refractivity (Wildman–Crippen MR) is 98.0 cm³/mol. The monoisotopic (exact) mass is 402 g/mol. The van der Waals surface area contributed by atoms with Crippen molar-refractivity contribution in [2.45, 2.75) is 13.5 Å². The maximum atomic E-state index is 12.7. The number of carbonyl (C=O) groups excluding carboxylic acids is 2. The molecule has 1 saturated heterocycles. The Balaban J connectivity index is 1.87. The van der Waals surface area contributed by atoms with Gasteiger partial charge < -0.3 is 9.30 Å². The topological polar surface area (TPSA) is 51.5 Å². The molecule has 0 unspecified atom stereocenters. The second-order valence-electron chi connectivity index (χ2n) is 6.59. The molecule has 1 aliphatic heterocycles. The van der Waals surface area contributed by atoms with Crippen LogP contribution >= 0.6 is 15.9 Å². The normalized spacial score (nSPS) is 17.6. The molecule has 1 aliphatic carbocycles. The highest BCUT2D eigenvalue weighted by Crippen LogP contribution is 2.40. The number of benzene rings is 1. The van der Waals surface area contributed by atoms with Gasteiger partial charge in [-0.25, -0.2) is 0 Å². The quantitative estimate of drug-likeness (QED) is 0.724. The Labute approximate surface area is 154 Å². The van der Waals surface area contributed by atoms with E-state index in [2.05, 4.69) is 20.8 Å². The largest absolute Gasteiger partial charge is 0.379 e. The van der Waals surface area contributed by atoms with Crippen molar-refractivity contribution >= 4 is 27.5 Å². The summed E-state index contributed by atoms with van der Waals surface area (Å²) < 4.78 is 8.22. The van der Waals surface area contributed by atoms with Gasteiger partial charge in [0, 0.05) is 48.0 Å². The zero-order valence-electron chi connectivity index (χ0n) is 14.3. The Bertz CT molecular complexity index is 895. The van der Waals surface area contributed by atoms with Gasteiger partial charge >= 0.3 is 0 Å². The van der Waals surface area contributed by atoms with Crippen LogP contribution in [0.3, 0.4) is 0 Å². The highest BCUT2D eigenvalue weighted by molar-refractivity contribution is 9.10. The van der Waals surface area contributed by atoms with E-state index in [9.17, 15) is 9.59 Å². The molecule has 4 rings (SSSR count). The lowest BCUT2D eigenvalue weighted by atomic mass is 9.86. The van der Waals surface area contributed by atoms with Crippen LogP contribution in [-0.4, -0.2) is 47.3 Å². The number of hydrogen-bond acceptors (Lipinski definition) is 4. The lowest BCUT2D eigenvalue weighted by Crippen LogP contribution is -2.36. The van der Waals surface area contributed by atoms with Crippen LogP contribution in [0.25, 0.3) is 11.1 Å². The van der Waals surface area contributed by atoms with Crippen LogP contribution < -0.4 is 0 Å². The number of ketones is 2. The highest BCUT2D eigenvalue weighted by atomic mass is 79.9. The Kier molecular flexibility index (Phi) is 4.14. The summed E-state index contributed by atoms with van der Waals surface area (Å²) in [6.07, 6.45) is 0. The summed E-state index contributed by atoms with van der Waals surface area (Å²) in [6.45, 7) is 6.02. The van der Waals surface area contributed by atoms with Gasteiger partial charge in [-0.15, -0.1) is 0 Å². The molecule has 130 valence electrons. The maximum Gasteiger partial charge on any atom is 0.250 e. The van der Waals surface area contributed by atoms with Crippen LogP contribution in [0.1, 0.15) is 32.1 Å². The molecule has 0 amide bonds. The molecule has 2 aromatic rings. The molecular formula is C19H19BrN2O3. The maximum absolute atomic E-state index is 12.7. The van der Waals surface area contributed by atoms with E-state index in [0.29, 0.717) is 11.3 Å². The van der Waals surface area contributed by atoms with Crippen molar-refractivity contribution in [2.75, 3.05) is 26.3 Å². The second-order valence-corrected chi connectivity index (χ2v) is 7.51. The van der Waals surface area contributed by atoms with Crippen molar-refractivity contribution in [3.63, 3.8) is 0 Å². The van der Waals surface area contributed by atoms with Gasteiger partial charge in [-0.2, -0.15) is 0 Å². The van der Waals surface area contributed by atoms with Gasteiger partial charge in [0.15, 0.2) is 0 Å². The molecule has 0 spiro atoms. The van der Waals surface area contributed by atoms with E-state index >= 15 is 0 Å². The van der Waals surface area contributed by atoms with E-state index < -0.39 is 11.6 Å². The number of aromatic nitrogens is 1. The highest BCUT2D eigenvalue weighted by Gasteiger charge is 2.36. The number of fused-ring (bicyclic) bond motifs is 3. The van der Waals surface area contributed by atoms with E-state index in [-0.39, 0.29) is 0 Å². The number of carbonyl (C=O) groups is 2. The molecule has 1 fully saturated rings. The van der Waals surface area contributed by atoms with Crippen LogP contribution in [0.15, 0.2) is 22.7 Å². The molecule has 2 aliphatic rings. The zero-order valence-corrected chi connectivity index (χ0v) is 15.9. The third-order valence-corrected chi connectivity index (χ3v) is 5.67. The first kappa shape index (κ1) is 16.7. The fraction of sp³-hybridized carbons (Fsp3) is 0.368. The Morgan fingerprint density at radius 3 is 2.56 bits per heavy atom. The van der Waals surface area contributed by atoms with E-state index in [1.165, 1.54) is 0 Å². The minimum Gasteiger partial charge on any atom is -0.379 e. The zero-order chi connectivity index (χ0) is 17.7. The fourth-order valence-electron chi connectivity index (χ4n) is 3.82. The van der Waals surface area contributed by atoms with Gasteiger partial charge in [0.05, 0.1) is 13.2 Å². The first-order chi connectivity index (χ1) is 12.0. The number of morpholine rings is 1. The average molecular weight is 403 g/mol. The molecule has 0 saturated carbocycles. The number of hydrogen-bond donors (Lipinski definition) is 0. The minimum absolute atomic E-state index is 0.413. The summed E-state index contributed by atoms with van der Waals surface area (Å²) in [7, 11) is 1.88. The van der Waals surface area contributed by atoms with Gasteiger partial charge in [-0.3, -0.25) is 14.5 Å². The van der Waals surface area contributed by atoms with Crippen molar-refractivity contribution in [1.29, 1.82) is 0 Å². The van der Waals surface area contributed by atoms with Crippen LogP contribution in [0.2, 0.25) is 0 Å². The molecule has 1 aromatic heterocycles. The Hall–Kier alpha value is -1.76. The van der Waals surface area contributed by atoms with Crippen LogP contribution in [0.5, 0.6) is 0 Å². The van der Waals surface area contributed by atoms with Gasteiger partial charge in [0.25, 0.3) is 5.78 Å². The number of nitrogens with zero attached hydrogens (tertiary/aromatic N) is 2. The molecule has 6 heteroatoms. The predicted octanol–water partition coefficient (Wildman–Crippen LogP) is 2.97. The summed E-state index contributed by atoms with van der Waals surface area (Å²) >= 11 is 3.48. The fourth-order valence-corrected chi connectivity index (χ4v) is 4.18. The molecular weight excluding hydrogens is 384 g/mol. The molecule has 1 aromatic carbocycles. The SMILES string of the molecule is Cc1c2c(n(C)c1CN1CCOCC1)C(=O)C(=O)c1ccc(Br)cc1-2. The summed E-state index contributed by atoms with van der Waals surface area (Å²) in [5, 5.41) is 0. The first-order valence-corrected chi connectivity index (χ1v) is 9.15. The van der Waals surface area contributed by atoms with Crippen molar-refractivity contribution in [3.05, 3.63) is 45.2 Å². The van der Waals surface area contributed by atoms with Gasteiger partial charge in [0.2, 0.25) is 5.78 Å². The van der Waals surface area contributed by atoms with Gasteiger partial charge in [-0.1, -0.05) is 15.9 Å². The average Bonchev–Trinajstić information content (AvgIpc) is 2.85. The lowest BCUT2D eigenvalue weighted by Gasteiger charge is -2.27. The van der Waals surface area contributed by atoms with E-state index in [0.717, 1.165) is 59.7 Å². The van der Waals surface area contributed by atoms with Crippen molar-refractivity contribution in [2.24, 2.45) is 7.05 Å². The standard InChI is InChI=1S/C19H19BrN2O3/c1-11-15(10-22-5-7-25-8-6-22)21(2)17-16(11)14-9-12(20)3-4-13(14)18(23)19(17)24/h3-4,9H,5-8,10H2,1-2H3. The smallest absolute Gasteiger partial charge is 0.250 e. The van der Waals surface area contributed by atoms with Crippen LogP contribution in [0.4, 0.5) is 0 Å². The second kappa shape index (κ2) is 6.20. The summed E-state index contributed by atoms with van der Waals surface area (Å²) in [6, 6.07) is 5.47. The number of rotatable bonds is 2. The van der Waals surface area contributed by atoms with E-state index in [1.807, 2.05) is 30.7 Å². The van der Waals surface area contributed by atoms with Crippen LogP contribution in [-0.2, 0) is 18.3 Å². The summed E-state index contributed by atoms with van der Waals surface area (Å²) in [5.74, 6) is -0.836. The van der Waals surface area contributed by atoms with Gasteiger partial charge in [-0.05, 0) is 36.2 Å². The van der Waals surface area contributed by atoms with E-state index in [1.54, 1.807) is 6.07 Å². The molecule has 0 radical (unpaired) electrons. The van der Waals surface area contributed by atoms with Crippen molar-refractivity contribution in [1.82, 2.24) is 9.47 Å². The molecule has 2 heterocycles. The van der Waals surface area contributed by atoms with Crippen molar-refractivity contribution < 1.29 is 14.3 Å². The molecule has 0 atom stereocenters. The molecule has 0 bridgehead atoms. The van der Waals surface area contributed by atoms with E-state index in [4.69, 9.17) is 4.74 Å². The number of Topliss-reactive ketones (excluding diaryl/α,β-unsaturated/α-hetero) is 2. The summed E-state index contributed by atoms with van der Waals surface area (Å²) in [5.41, 5.74) is 4.90. The van der Waals surface area contributed by atoms with Crippen LogP contribution in [0, 0.1) is 6.92 Å². The Morgan fingerprint density at radius 1 is 1.12 bits per heavy atom. The third kappa shape index (κ3) is 2.60. The van der Waals surface area contributed by atoms with Gasteiger partial charge in [0.1, 0.15) is 5.69 Å². The van der Waals surface area contributed by atoms with Crippen molar-refractivity contribution in [3.8, 4) is 11.1 Å². The lowest BCUT2D eigenvalue weighted by molar-refractivity contribution is 0.0332. The minimum atomic E-state index is -0.423. The Morgan fingerprint density at radius 2 is 1.84 bits per heavy atom. The summed E-state index contributed by atoms with van der Waals surface area (Å²) in [4.78, 5) is 27.6.